The Morgan fingerprint density at radius 1 is 0.800 bits per heavy atom. The lowest BCUT2D eigenvalue weighted by atomic mass is 9.96. The van der Waals surface area contributed by atoms with Crippen molar-refractivity contribution < 1.29 is 10.2 Å². The first-order chi connectivity index (χ1) is 7.35. The molecule has 0 rings (SSSR count). The highest BCUT2D eigenvalue weighted by Crippen LogP contribution is 2.16. The molecular formula is C13H28O2. The number of aliphatic hydroxyl groups is 2. The zero-order valence-electron chi connectivity index (χ0n) is 10.2. The van der Waals surface area contributed by atoms with Crippen LogP contribution < -0.4 is 0 Å². The quantitative estimate of drug-likeness (QED) is 0.521. The Kier molecular flexibility index (Phi) is 11.9. The van der Waals surface area contributed by atoms with Crippen LogP contribution in [0.2, 0.25) is 0 Å². The molecule has 0 bridgehead atoms. The maximum Gasteiger partial charge on any atom is 0.0459 e. The third kappa shape index (κ3) is 10.2. The van der Waals surface area contributed by atoms with Gasteiger partial charge in [-0.2, -0.15) is 0 Å². The summed E-state index contributed by atoms with van der Waals surface area (Å²) in [5.41, 5.74) is 0. The van der Waals surface area contributed by atoms with Gasteiger partial charge in [0.2, 0.25) is 0 Å². The second-order valence-electron chi connectivity index (χ2n) is 4.47. The van der Waals surface area contributed by atoms with Crippen LogP contribution in [0.15, 0.2) is 0 Å². The van der Waals surface area contributed by atoms with E-state index < -0.39 is 0 Å². The lowest BCUT2D eigenvalue weighted by Gasteiger charge is -2.13. The van der Waals surface area contributed by atoms with Crippen LogP contribution in [0.1, 0.15) is 64.7 Å². The molecule has 0 aromatic heterocycles. The van der Waals surface area contributed by atoms with Gasteiger partial charge in [-0.3, -0.25) is 0 Å². The van der Waals surface area contributed by atoms with Gasteiger partial charge in [0.1, 0.15) is 0 Å². The Bertz CT molecular complexity index is 115. The molecule has 92 valence electrons. The van der Waals surface area contributed by atoms with Crippen LogP contribution in [-0.2, 0) is 0 Å². The van der Waals surface area contributed by atoms with Gasteiger partial charge in [-0.25, -0.2) is 0 Å². The largest absolute Gasteiger partial charge is 0.396 e. The molecule has 1 atom stereocenters. The van der Waals surface area contributed by atoms with Gasteiger partial charge in [0, 0.05) is 13.2 Å². The zero-order valence-corrected chi connectivity index (χ0v) is 10.2. The van der Waals surface area contributed by atoms with E-state index in [4.69, 9.17) is 10.2 Å². The lowest BCUT2D eigenvalue weighted by Crippen LogP contribution is -2.06. The molecule has 0 aliphatic heterocycles. The van der Waals surface area contributed by atoms with E-state index in [1.165, 1.54) is 32.1 Å². The molecule has 2 heteroatoms. The van der Waals surface area contributed by atoms with Crippen molar-refractivity contribution in [3.05, 3.63) is 0 Å². The van der Waals surface area contributed by atoms with Crippen LogP contribution in [0, 0.1) is 5.92 Å². The molecule has 0 heterocycles. The fraction of sp³-hybridized carbons (Fsp3) is 1.00. The normalized spacial score (nSPS) is 13.0. The average molecular weight is 216 g/mol. The molecule has 0 aromatic rings. The number of hydrogen-bond donors (Lipinski definition) is 2. The van der Waals surface area contributed by atoms with Gasteiger partial charge in [-0.15, -0.1) is 0 Å². The summed E-state index contributed by atoms with van der Waals surface area (Å²) in [4.78, 5) is 0. The Morgan fingerprint density at radius 2 is 1.40 bits per heavy atom. The Labute approximate surface area is 94.7 Å². The van der Waals surface area contributed by atoms with Gasteiger partial charge in [0.25, 0.3) is 0 Å². The molecule has 0 aliphatic carbocycles. The van der Waals surface area contributed by atoms with Gasteiger partial charge in [0.05, 0.1) is 0 Å². The summed E-state index contributed by atoms with van der Waals surface area (Å²) >= 11 is 0. The van der Waals surface area contributed by atoms with E-state index in [1.807, 2.05) is 0 Å². The SMILES string of the molecule is CCCCCCCC(CO)CCCCO. The van der Waals surface area contributed by atoms with Crippen molar-refractivity contribution >= 4 is 0 Å². The smallest absolute Gasteiger partial charge is 0.0459 e. The fourth-order valence-electron chi connectivity index (χ4n) is 1.91. The summed E-state index contributed by atoms with van der Waals surface area (Å²) in [5.74, 6) is 0.471. The summed E-state index contributed by atoms with van der Waals surface area (Å²) in [7, 11) is 0. The predicted octanol–water partition coefficient (Wildman–Crippen LogP) is 3.12. The fourth-order valence-corrected chi connectivity index (χ4v) is 1.91. The number of hydrogen-bond acceptors (Lipinski definition) is 2. The second kappa shape index (κ2) is 12.0. The molecule has 0 aliphatic rings. The highest BCUT2D eigenvalue weighted by Gasteiger charge is 2.06. The minimum absolute atomic E-state index is 0.286. The van der Waals surface area contributed by atoms with Crippen molar-refractivity contribution in [1.82, 2.24) is 0 Å². The van der Waals surface area contributed by atoms with Crippen LogP contribution in [0.3, 0.4) is 0 Å². The van der Waals surface area contributed by atoms with Crippen molar-refractivity contribution in [1.29, 1.82) is 0 Å². The zero-order chi connectivity index (χ0) is 11.4. The topological polar surface area (TPSA) is 40.5 Å². The van der Waals surface area contributed by atoms with Crippen LogP contribution in [0.5, 0.6) is 0 Å². The Hall–Kier alpha value is -0.0800. The van der Waals surface area contributed by atoms with Crippen molar-refractivity contribution in [2.45, 2.75) is 64.7 Å². The lowest BCUT2D eigenvalue weighted by molar-refractivity contribution is 0.199. The standard InChI is InChI=1S/C13H28O2/c1-2-3-4-5-6-9-13(12-15)10-7-8-11-14/h13-15H,2-12H2,1H3. The van der Waals surface area contributed by atoms with Gasteiger partial charge in [0.15, 0.2) is 0 Å². The van der Waals surface area contributed by atoms with Crippen molar-refractivity contribution in [2.75, 3.05) is 13.2 Å². The predicted molar refractivity (Wildman–Crippen MR) is 64.9 cm³/mol. The second-order valence-corrected chi connectivity index (χ2v) is 4.47. The summed E-state index contributed by atoms with van der Waals surface area (Å²) < 4.78 is 0. The first-order valence-electron chi connectivity index (χ1n) is 6.56. The van der Waals surface area contributed by atoms with E-state index in [2.05, 4.69) is 6.92 Å². The monoisotopic (exact) mass is 216 g/mol. The molecule has 2 nitrogen and oxygen atoms in total. The van der Waals surface area contributed by atoms with Gasteiger partial charge in [-0.1, -0.05) is 45.4 Å². The number of aliphatic hydroxyl groups excluding tert-OH is 2. The van der Waals surface area contributed by atoms with Crippen LogP contribution in [0.25, 0.3) is 0 Å². The molecule has 0 amide bonds. The van der Waals surface area contributed by atoms with Gasteiger partial charge in [-0.05, 0) is 25.2 Å². The third-order valence-corrected chi connectivity index (χ3v) is 2.99. The van der Waals surface area contributed by atoms with Crippen molar-refractivity contribution in [3.63, 3.8) is 0 Å². The summed E-state index contributed by atoms with van der Waals surface area (Å²) in [6.45, 7) is 2.83. The Balaban J connectivity index is 3.28. The molecular weight excluding hydrogens is 188 g/mol. The first kappa shape index (κ1) is 14.9. The van der Waals surface area contributed by atoms with E-state index in [9.17, 15) is 0 Å². The maximum atomic E-state index is 9.17. The minimum Gasteiger partial charge on any atom is -0.396 e. The number of unbranched alkanes of at least 4 members (excludes halogenated alkanes) is 5. The van der Waals surface area contributed by atoms with E-state index in [0.29, 0.717) is 12.5 Å². The molecule has 0 saturated heterocycles. The molecule has 0 aromatic carbocycles. The molecule has 1 unspecified atom stereocenters. The molecule has 2 N–H and O–H groups in total. The minimum atomic E-state index is 0.286. The van der Waals surface area contributed by atoms with Crippen LogP contribution in [-0.4, -0.2) is 23.4 Å². The Morgan fingerprint density at radius 3 is 1.93 bits per heavy atom. The third-order valence-electron chi connectivity index (χ3n) is 2.99. The first-order valence-corrected chi connectivity index (χ1v) is 6.56. The summed E-state index contributed by atoms with van der Waals surface area (Å²) in [6, 6.07) is 0. The average Bonchev–Trinajstić information content (AvgIpc) is 2.26. The molecule has 0 fully saturated rings. The molecule has 0 spiro atoms. The van der Waals surface area contributed by atoms with Crippen molar-refractivity contribution in [3.8, 4) is 0 Å². The van der Waals surface area contributed by atoms with E-state index in [1.54, 1.807) is 0 Å². The highest BCUT2D eigenvalue weighted by molar-refractivity contribution is 4.58. The van der Waals surface area contributed by atoms with E-state index in [-0.39, 0.29) is 6.61 Å². The van der Waals surface area contributed by atoms with E-state index >= 15 is 0 Å². The maximum absolute atomic E-state index is 9.17. The molecule has 0 radical (unpaired) electrons. The summed E-state index contributed by atoms with van der Waals surface area (Å²) in [6.07, 6.45) is 10.7. The molecule has 15 heavy (non-hydrogen) atoms. The van der Waals surface area contributed by atoms with Crippen LogP contribution in [0.4, 0.5) is 0 Å². The summed E-state index contributed by atoms with van der Waals surface area (Å²) in [5, 5.41) is 17.8. The van der Waals surface area contributed by atoms with Gasteiger partial charge >= 0.3 is 0 Å². The van der Waals surface area contributed by atoms with Crippen LogP contribution >= 0.6 is 0 Å². The van der Waals surface area contributed by atoms with E-state index in [0.717, 1.165) is 25.7 Å². The van der Waals surface area contributed by atoms with Crippen molar-refractivity contribution in [2.24, 2.45) is 5.92 Å². The number of rotatable bonds is 11. The molecule has 0 saturated carbocycles. The highest BCUT2D eigenvalue weighted by atomic mass is 16.3. The van der Waals surface area contributed by atoms with Gasteiger partial charge < -0.3 is 10.2 Å².